The number of rotatable bonds is 3. The summed E-state index contributed by atoms with van der Waals surface area (Å²) in [5.74, 6) is -0.807. The van der Waals surface area contributed by atoms with Gasteiger partial charge in [0.05, 0.1) is 16.6 Å². The maximum atomic E-state index is 12.8. The van der Waals surface area contributed by atoms with Crippen LogP contribution in [0.25, 0.3) is 17.0 Å². The first-order chi connectivity index (χ1) is 11.9. The van der Waals surface area contributed by atoms with E-state index in [1.165, 1.54) is 24.3 Å². The molecule has 0 spiro atoms. The number of nitro groups is 1. The van der Waals surface area contributed by atoms with Gasteiger partial charge in [-0.3, -0.25) is 10.1 Å². The van der Waals surface area contributed by atoms with Gasteiger partial charge in [-0.1, -0.05) is 0 Å². The third-order valence-electron chi connectivity index (χ3n) is 3.26. The number of nitrogens with one attached hydrogen (secondary N) is 1. The number of aromatic amines is 1. The molecule has 0 atom stereocenters. The topological polar surface area (TPSA) is 62.2 Å². The third-order valence-corrected chi connectivity index (χ3v) is 3.26. The molecule has 0 saturated heterocycles. The lowest BCUT2D eigenvalue weighted by molar-refractivity contribution is -0.385. The molecular weight excluding hydrogens is 328 g/mol. The zero-order valence-electron chi connectivity index (χ0n) is 13.7. The first kappa shape index (κ1) is 18.1. The second-order valence-electron chi connectivity index (χ2n) is 5.45. The van der Waals surface area contributed by atoms with Gasteiger partial charge in [-0.2, -0.15) is 0 Å². The number of H-pyrrole nitrogens is 1. The minimum Gasteiger partial charge on any atom is -0.383 e. The van der Waals surface area contributed by atoms with Crippen molar-refractivity contribution in [2.45, 2.75) is 0 Å². The Hall–Kier alpha value is -3.22. The van der Waals surface area contributed by atoms with Crippen LogP contribution in [0.5, 0.6) is 0 Å². The molecule has 0 fully saturated rings. The molecule has 1 N–H and O–H groups in total. The summed E-state index contributed by atoms with van der Waals surface area (Å²) in [6, 6.07) is 10.1. The number of hydrogen-bond donors (Lipinski definition) is 1. The number of benzene rings is 2. The lowest BCUT2D eigenvalue weighted by Gasteiger charge is -2.03. The Labute approximate surface area is 143 Å². The molecule has 130 valence electrons. The van der Waals surface area contributed by atoms with Gasteiger partial charge in [-0.15, -0.1) is 0 Å². The van der Waals surface area contributed by atoms with Crippen molar-refractivity contribution < 1.29 is 13.7 Å². The van der Waals surface area contributed by atoms with Crippen LogP contribution in [0.1, 0.15) is 5.56 Å². The predicted molar refractivity (Wildman–Crippen MR) is 94.0 cm³/mol. The lowest BCUT2D eigenvalue weighted by Crippen LogP contribution is -2.00. The number of halogens is 2. The van der Waals surface area contributed by atoms with Crippen LogP contribution in [0.4, 0.5) is 14.5 Å². The summed E-state index contributed by atoms with van der Waals surface area (Å²) >= 11 is 0. The summed E-state index contributed by atoms with van der Waals surface area (Å²) in [6.45, 7) is 0. The lowest BCUT2D eigenvalue weighted by atomic mass is 10.1. The molecule has 1 heterocycles. The first-order valence-corrected chi connectivity index (χ1v) is 7.38. The molecule has 7 heteroatoms. The molecule has 3 aromatic rings. The van der Waals surface area contributed by atoms with Crippen LogP contribution in [-0.2, 0) is 0 Å². The van der Waals surface area contributed by atoms with Gasteiger partial charge < -0.3 is 9.88 Å². The van der Waals surface area contributed by atoms with Crippen LogP contribution in [0.2, 0.25) is 0 Å². The monoisotopic (exact) mass is 345 g/mol. The van der Waals surface area contributed by atoms with Crippen LogP contribution in [0, 0.1) is 21.7 Å². The summed E-state index contributed by atoms with van der Waals surface area (Å²) in [4.78, 5) is 14.7. The molecule has 0 radical (unpaired) electrons. The SMILES string of the molecule is CN(C)C=Cc1ccc(F)cc1[N+](=O)[O-].Fc1ccc2cc[nH]c2c1. The highest BCUT2D eigenvalue weighted by Crippen LogP contribution is 2.21. The smallest absolute Gasteiger partial charge is 0.279 e. The first-order valence-electron chi connectivity index (χ1n) is 7.38. The zero-order valence-corrected chi connectivity index (χ0v) is 13.7. The third kappa shape index (κ3) is 5.13. The van der Waals surface area contributed by atoms with Gasteiger partial charge in [0.2, 0.25) is 0 Å². The van der Waals surface area contributed by atoms with Crippen molar-refractivity contribution in [3.8, 4) is 0 Å². The fourth-order valence-corrected chi connectivity index (χ4v) is 2.07. The van der Waals surface area contributed by atoms with E-state index in [-0.39, 0.29) is 11.5 Å². The molecule has 2 aromatic carbocycles. The minimum atomic E-state index is -0.608. The van der Waals surface area contributed by atoms with E-state index in [0.717, 1.165) is 17.0 Å². The molecule has 3 rings (SSSR count). The Morgan fingerprint density at radius 2 is 1.76 bits per heavy atom. The number of fused-ring (bicyclic) bond motifs is 1. The Morgan fingerprint density at radius 1 is 1.08 bits per heavy atom. The van der Waals surface area contributed by atoms with Crippen molar-refractivity contribution in [3.05, 3.63) is 82.2 Å². The fraction of sp³-hybridized carbons (Fsp3) is 0.111. The molecule has 0 saturated carbocycles. The van der Waals surface area contributed by atoms with Crippen molar-refractivity contribution in [3.63, 3.8) is 0 Å². The molecular formula is C18H17F2N3O2. The van der Waals surface area contributed by atoms with Crippen LogP contribution in [-0.4, -0.2) is 28.9 Å². The molecule has 0 aliphatic heterocycles. The van der Waals surface area contributed by atoms with Gasteiger partial charge in [0.15, 0.2) is 0 Å². The van der Waals surface area contributed by atoms with E-state index in [1.807, 2.05) is 6.07 Å². The normalized spacial score (nSPS) is 10.6. The van der Waals surface area contributed by atoms with Gasteiger partial charge in [-0.25, -0.2) is 8.78 Å². The average molecular weight is 345 g/mol. The molecule has 25 heavy (non-hydrogen) atoms. The number of hydrogen-bond acceptors (Lipinski definition) is 3. The summed E-state index contributed by atoms with van der Waals surface area (Å²) in [5.41, 5.74) is 1.00. The van der Waals surface area contributed by atoms with Gasteiger partial charge in [0.25, 0.3) is 5.69 Å². The summed E-state index contributed by atoms with van der Waals surface area (Å²) in [7, 11) is 3.59. The van der Waals surface area contributed by atoms with Crippen LogP contribution in [0.3, 0.4) is 0 Å². The minimum absolute atomic E-state index is 0.199. The summed E-state index contributed by atoms with van der Waals surface area (Å²) in [6.07, 6.45) is 5.03. The van der Waals surface area contributed by atoms with E-state index >= 15 is 0 Å². The largest absolute Gasteiger partial charge is 0.383 e. The molecule has 0 bridgehead atoms. The molecule has 0 unspecified atom stereocenters. The number of nitrogens with zero attached hydrogens (tertiary/aromatic N) is 2. The Bertz CT molecular complexity index is 904. The zero-order chi connectivity index (χ0) is 18.4. The number of nitro benzene ring substituents is 1. The van der Waals surface area contributed by atoms with Crippen LogP contribution >= 0.6 is 0 Å². The highest BCUT2D eigenvalue weighted by molar-refractivity contribution is 5.78. The molecule has 0 amide bonds. The molecule has 0 aliphatic carbocycles. The van der Waals surface area contributed by atoms with Gasteiger partial charge in [0, 0.05) is 25.8 Å². The number of aromatic nitrogens is 1. The molecule has 1 aromatic heterocycles. The molecule has 0 aliphatic rings. The van der Waals surface area contributed by atoms with Gasteiger partial charge >= 0.3 is 0 Å². The highest BCUT2D eigenvalue weighted by Gasteiger charge is 2.12. The van der Waals surface area contributed by atoms with Crippen molar-refractivity contribution in [1.82, 2.24) is 9.88 Å². The fourth-order valence-electron chi connectivity index (χ4n) is 2.07. The van der Waals surface area contributed by atoms with Crippen molar-refractivity contribution >= 4 is 22.7 Å². The standard InChI is InChI=1S/C10H11FN2O2.C8H6FN/c1-12(2)6-5-8-3-4-9(11)7-10(8)13(14)15;9-7-2-1-6-3-4-10-8(6)5-7/h3-7H,1-2H3;1-5,10H. The predicted octanol–water partition coefficient (Wildman–Crippen LogP) is 4.57. The van der Waals surface area contributed by atoms with E-state index in [2.05, 4.69) is 4.98 Å². The van der Waals surface area contributed by atoms with Crippen LogP contribution in [0.15, 0.2) is 54.9 Å². The average Bonchev–Trinajstić information content (AvgIpc) is 3.01. The second kappa shape index (κ2) is 8.05. The second-order valence-corrected chi connectivity index (χ2v) is 5.45. The van der Waals surface area contributed by atoms with Crippen molar-refractivity contribution in [2.24, 2.45) is 0 Å². The Morgan fingerprint density at radius 3 is 2.44 bits per heavy atom. The van der Waals surface area contributed by atoms with E-state index < -0.39 is 10.7 Å². The Balaban J connectivity index is 0.000000194. The summed E-state index contributed by atoms with van der Waals surface area (Å²) in [5, 5.41) is 11.7. The van der Waals surface area contributed by atoms with Crippen LogP contribution < -0.4 is 0 Å². The van der Waals surface area contributed by atoms with E-state index in [9.17, 15) is 18.9 Å². The van der Waals surface area contributed by atoms with E-state index in [1.54, 1.807) is 43.5 Å². The quantitative estimate of drug-likeness (QED) is 0.558. The molecule has 5 nitrogen and oxygen atoms in total. The highest BCUT2D eigenvalue weighted by atomic mass is 19.1. The summed E-state index contributed by atoms with van der Waals surface area (Å²) < 4.78 is 25.3. The van der Waals surface area contributed by atoms with Crippen molar-refractivity contribution in [1.29, 1.82) is 0 Å². The maximum Gasteiger partial charge on any atom is 0.279 e. The Kier molecular flexibility index (Phi) is 5.84. The van der Waals surface area contributed by atoms with Gasteiger partial charge in [0.1, 0.15) is 11.6 Å². The maximum absolute atomic E-state index is 12.8. The van der Waals surface area contributed by atoms with Crippen molar-refractivity contribution in [2.75, 3.05) is 14.1 Å². The van der Waals surface area contributed by atoms with E-state index in [4.69, 9.17) is 0 Å². The van der Waals surface area contributed by atoms with Gasteiger partial charge in [-0.05, 0) is 54.1 Å². The van der Waals surface area contributed by atoms with E-state index in [0.29, 0.717) is 5.56 Å².